The van der Waals surface area contributed by atoms with E-state index in [2.05, 4.69) is 19.9 Å². The molecule has 0 saturated carbocycles. The van der Waals surface area contributed by atoms with Crippen LogP contribution in [0.1, 0.15) is 0 Å². The molecule has 0 aliphatic rings. The van der Waals surface area contributed by atoms with Crippen LogP contribution >= 0.6 is 0 Å². The number of H-pyrrole nitrogens is 1. The first-order chi connectivity index (χ1) is 11.2. The summed E-state index contributed by atoms with van der Waals surface area (Å²) in [6.45, 7) is 0. The van der Waals surface area contributed by atoms with E-state index in [4.69, 9.17) is 5.73 Å². The van der Waals surface area contributed by atoms with E-state index in [-0.39, 0.29) is 0 Å². The summed E-state index contributed by atoms with van der Waals surface area (Å²) in [7, 11) is 0. The van der Waals surface area contributed by atoms with Crippen molar-refractivity contribution in [2.45, 2.75) is 0 Å². The Morgan fingerprint density at radius 2 is 1.91 bits per heavy atom. The first-order valence-electron chi connectivity index (χ1n) is 7.04. The minimum absolute atomic E-state index is 0.410. The second-order valence-electron chi connectivity index (χ2n) is 5.09. The number of aromatic amines is 1. The summed E-state index contributed by atoms with van der Waals surface area (Å²) in [5.74, 6) is -0.125. The lowest BCUT2D eigenvalue weighted by Crippen LogP contribution is -1.92. The first kappa shape index (κ1) is 13.4. The Morgan fingerprint density at radius 3 is 2.74 bits per heavy atom. The maximum absolute atomic E-state index is 13.6. The van der Waals surface area contributed by atoms with Crippen molar-refractivity contribution in [3.8, 4) is 22.5 Å². The molecule has 0 unspecified atom stereocenters. The second-order valence-corrected chi connectivity index (χ2v) is 5.09. The van der Waals surface area contributed by atoms with Crippen molar-refractivity contribution >= 4 is 16.9 Å². The molecule has 0 atom stereocenters. The number of rotatable bonds is 2. The van der Waals surface area contributed by atoms with Gasteiger partial charge in [0.2, 0.25) is 5.95 Å². The highest BCUT2D eigenvalue weighted by Crippen LogP contribution is 2.36. The number of hydrogen-bond acceptors (Lipinski definition) is 4. The third kappa shape index (κ3) is 2.30. The van der Waals surface area contributed by atoms with Gasteiger partial charge in [0.15, 0.2) is 0 Å². The van der Waals surface area contributed by atoms with E-state index >= 15 is 0 Å². The third-order valence-electron chi connectivity index (χ3n) is 3.60. The highest BCUT2D eigenvalue weighted by Gasteiger charge is 2.17. The molecule has 4 rings (SSSR count). The monoisotopic (exact) mass is 305 g/mol. The van der Waals surface area contributed by atoms with Crippen LogP contribution in [0.4, 0.5) is 10.2 Å². The quantitative estimate of drug-likeness (QED) is 0.556. The van der Waals surface area contributed by atoms with Gasteiger partial charge in [-0.15, -0.1) is 0 Å². The SMILES string of the molecule is Nc1cc(-c2[nH]c3cccnc3c2-c2cccc(F)n2)ccn1. The smallest absolute Gasteiger partial charge is 0.213 e. The standard InChI is InChI=1S/C17H12FN5/c18-13-5-1-3-11(22-13)15-16(10-6-8-20-14(19)9-10)23-12-4-2-7-21-17(12)15/h1-9,23H,(H2,19,20). The van der Waals surface area contributed by atoms with Crippen molar-refractivity contribution in [1.82, 2.24) is 19.9 Å². The normalized spacial score (nSPS) is 11.0. The van der Waals surface area contributed by atoms with Crippen LogP contribution < -0.4 is 5.73 Å². The van der Waals surface area contributed by atoms with Crippen molar-refractivity contribution in [3.63, 3.8) is 0 Å². The summed E-state index contributed by atoms with van der Waals surface area (Å²) < 4.78 is 13.6. The first-order valence-corrected chi connectivity index (χ1v) is 7.04. The third-order valence-corrected chi connectivity index (χ3v) is 3.60. The van der Waals surface area contributed by atoms with Gasteiger partial charge in [-0.05, 0) is 36.4 Å². The van der Waals surface area contributed by atoms with Crippen LogP contribution in [-0.4, -0.2) is 19.9 Å². The lowest BCUT2D eigenvalue weighted by molar-refractivity contribution is 0.585. The maximum atomic E-state index is 13.6. The molecule has 5 nitrogen and oxygen atoms in total. The Hall–Kier alpha value is -3.28. The molecule has 4 aromatic heterocycles. The van der Waals surface area contributed by atoms with E-state index in [9.17, 15) is 4.39 Å². The van der Waals surface area contributed by atoms with E-state index < -0.39 is 5.95 Å². The molecule has 4 heterocycles. The van der Waals surface area contributed by atoms with E-state index in [1.54, 1.807) is 30.6 Å². The molecule has 4 aromatic rings. The van der Waals surface area contributed by atoms with Crippen LogP contribution in [0.15, 0.2) is 54.9 Å². The average Bonchev–Trinajstić information content (AvgIpc) is 2.94. The number of nitrogens with zero attached hydrogens (tertiary/aromatic N) is 3. The predicted octanol–water partition coefficient (Wildman–Crippen LogP) is 3.41. The largest absolute Gasteiger partial charge is 0.384 e. The number of nitrogen functional groups attached to an aromatic ring is 1. The fraction of sp³-hybridized carbons (Fsp3) is 0. The van der Waals surface area contributed by atoms with Crippen molar-refractivity contribution in [3.05, 3.63) is 60.8 Å². The Labute approximate surface area is 131 Å². The number of fused-ring (bicyclic) bond motifs is 1. The molecule has 0 aliphatic carbocycles. The van der Waals surface area contributed by atoms with Gasteiger partial charge in [-0.3, -0.25) is 4.98 Å². The molecule has 6 heteroatoms. The Balaban J connectivity index is 2.06. The molecule has 0 spiro atoms. The minimum atomic E-state index is -0.534. The molecule has 3 N–H and O–H groups in total. The topological polar surface area (TPSA) is 80.5 Å². The zero-order chi connectivity index (χ0) is 15.8. The number of anilines is 1. The second kappa shape index (κ2) is 5.17. The molecule has 0 saturated heterocycles. The fourth-order valence-electron chi connectivity index (χ4n) is 2.64. The molecule has 0 fully saturated rings. The van der Waals surface area contributed by atoms with Gasteiger partial charge in [-0.2, -0.15) is 4.39 Å². The van der Waals surface area contributed by atoms with Crippen LogP contribution in [0.2, 0.25) is 0 Å². The fourth-order valence-corrected chi connectivity index (χ4v) is 2.64. The number of pyridine rings is 3. The van der Waals surface area contributed by atoms with Gasteiger partial charge in [-0.1, -0.05) is 6.07 Å². The lowest BCUT2D eigenvalue weighted by Gasteiger charge is -2.05. The molecular weight excluding hydrogens is 293 g/mol. The van der Waals surface area contributed by atoms with Gasteiger partial charge in [0.25, 0.3) is 0 Å². The minimum Gasteiger partial charge on any atom is -0.384 e. The van der Waals surface area contributed by atoms with E-state index in [1.165, 1.54) is 6.07 Å². The van der Waals surface area contributed by atoms with Crippen LogP contribution in [0.25, 0.3) is 33.5 Å². The molecule has 112 valence electrons. The predicted molar refractivity (Wildman–Crippen MR) is 86.9 cm³/mol. The van der Waals surface area contributed by atoms with Crippen LogP contribution in [0.5, 0.6) is 0 Å². The van der Waals surface area contributed by atoms with E-state index in [0.717, 1.165) is 27.9 Å². The van der Waals surface area contributed by atoms with E-state index in [0.29, 0.717) is 11.5 Å². The summed E-state index contributed by atoms with van der Waals surface area (Å²) in [5.41, 5.74) is 10.2. The number of nitrogens with one attached hydrogen (secondary N) is 1. The van der Waals surface area contributed by atoms with Crippen molar-refractivity contribution in [2.75, 3.05) is 5.73 Å². The molecular formula is C17H12FN5. The Bertz CT molecular complexity index is 1010. The number of hydrogen-bond donors (Lipinski definition) is 2. The van der Waals surface area contributed by atoms with Crippen molar-refractivity contribution in [2.24, 2.45) is 0 Å². The number of halogens is 1. The molecule has 0 aliphatic heterocycles. The molecule has 0 radical (unpaired) electrons. The Morgan fingerprint density at radius 1 is 1.00 bits per heavy atom. The number of nitrogens with two attached hydrogens (primary N) is 1. The summed E-state index contributed by atoms with van der Waals surface area (Å²) in [6, 6.07) is 12.1. The van der Waals surface area contributed by atoms with Gasteiger partial charge >= 0.3 is 0 Å². The summed E-state index contributed by atoms with van der Waals surface area (Å²) >= 11 is 0. The van der Waals surface area contributed by atoms with Crippen molar-refractivity contribution < 1.29 is 4.39 Å². The molecule has 0 bridgehead atoms. The van der Waals surface area contributed by atoms with Gasteiger partial charge in [-0.25, -0.2) is 9.97 Å². The van der Waals surface area contributed by atoms with Crippen molar-refractivity contribution in [1.29, 1.82) is 0 Å². The molecule has 23 heavy (non-hydrogen) atoms. The highest BCUT2D eigenvalue weighted by molar-refractivity contribution is 6.00. The lowest BCUT2D eigenvalue weighted by atomic mass is 10.1. The Kier molecular flexibility index (Phi) is 3.01. The molecule has 0 amide bonds. The van der Waals surface area contributed by atoms with Crippen LogP contribution in [-0.2, 0) is 0 Å². The average molecular weight is 305 g/mol. The summed E-state index contributed by atoms with van der Waals surface area (Å²) in [4.78, 5) is 15.7. The van der Waals surface area contributed by atoms with Gasteiger partial charge in [0.1, 0.15) is 5.82 Å². The van der Waals surface area contributed by atoms with E-state index in [1.807, 2.05) is 18.2 Å². The maximum Gasteiger partial charge on any atom is 0.213 e. The zero-order valence-electron chi connectivity index (χ0n) is 12.0. The summed E-state index contributed by atoms with van der Waals surface area (Å²) in [5, 5.41) is 0. The molecule has 0 aromatic carbocycles. The van der Waals surface area contributed by atoms with Gasteiger partial charge in [0.05, 0.1) is 28.0 Å². The van der Waals surface area contributed by atoms with Crippen LogP contribution in [0, 0.1) is 5.95 Å². The zero-order valence-corrected chi connectivity index (χ0v) is 12.0. The van der Waals surface area contributed by atoms with Gasteiger partial charge < -0.3 is 10.7 Å². The highest BCUT2D eigenvalue weighted by atomic mass is 19.1. The van der Waals surface area contributed by atoms with Gasteiger partial charge in [0, 0.05) is 18.0 Å². The van der Waals surface area contributed by atoms with Crippen LogP contribution in [0.3, 0.4) is 0 Å². The number of aromatic nitrogens is 4. The summed E-state index contributed by atoms with van der Waals surface area (Å²) in [6.07, 6.45) is 3.33.